The smallest absolute Gasteiger partial charge is 0.319 e. The highest BCUT2D eigenvalue weighted by Crippen LogP contribution is 2.32. The molecule has 0 aliphatic heterocycles. The first kappa shape index (κ1) is 18.6. The first-order valence-electron chi connectivity index (χ1n) is 7.46. The predicted octanol–water partition coefficient (Wildman–Crippen LogP) is 3.51. The zero-order valence-electron chi connectivity index (χ0n) is 13.4. The number of amides is 2. The van der Waals surface area contributed by atoms with E-state index in [4.69, 9.17) is 21.4 Å². The third kappa shape index (κ3) is 6.12. The largest absolute Gasteiger partial charge is 0.493 e. The lowest BCUT2D eigenvalue weighted by Crippen LogP contribution is -2.34. The van der Waals surface area contributed by atoms with Crippen LogP contribution in [0.3, 0.4) is 0 Å². The fourth-order valence-electron chi connectivity index (χ4n) is 2.37. The summed E-state index contributed by atoms with van der Waals surface area (Å²) in [4.78, 5) is 12.0. The van der Waals surface area contributed by atoms with Crippen LogP contribution in [0.4, 0.5) is 10.5 Å². The number of rotatable bonds is 8. The molecule has 2 amide bonds. The molecule has 0 saturated carbocycles. The summed E-state index contributed by atoms with van der Waals surface area (Å²) < 4.78 is 5.19. The topological polar surface area (TPSA) is 70.6 Å². The number of aliphatic hydroxyl groups is 1. The van der Waals surface area contributed by atoms with Crippen LogP contribution in [0.5, 0.6) is 5.75 Å². The van der Waals surface area contributed by atoms with Gasteiger partial charge in [0.25, 0.3) is 0 Å². The van der Waals surface area contributed by atoms with Crippen molar-refractivity contribution in [3.05, 3.63) is 23.2 Å². The summed E-state index contributed by atoms with van der Waals surface area (Å²) in [5.41, 5.74) is 0.523. The summed E-state index contributed by atoms with van der Waals surface area (Å²) in [5.74, 6) is 1.22. The molecule has 0 radical (unpaired) electrons. The number of para-hydroxylation sites is 1. The number of nitrogens with one attached hydrogen (secondary N) is 2. The molecule has 0 aliphatic rings. The highest BCUT2D eigenvalue weighted by atomic mass is 35.5. The Morgan fingerprint density at radius 3 is 2.73 bits per heavy atom. The molecule has 0 aliphatic carbocycles. The van der Waals surface area contributed by atoms with Crippen molar-refractivity contribution >= 4 is 23.3 Å². The lowest BCUT2D eigenvalue weighted by atomic mass is 9.94. The SMILES string of the molecule is COc1c(Cl)cccc1NC(=O)NCC(CCO)CC(C)C. The number of carbonyl (C=O) groups excluding carboxylic acids is 1. The van der Waals surface area contributed by atoms with Crippen molar-refractivity contribution < 1.29 is 14.6 Å². The zero-order valence-corrected chi connectivity index (χ0v) is 14.1. The van der Waals surface area contributed by atoms with E-state index < -0.39 is 0 Å². The van der Waals surface area contributed by atoms with Crippen LogP contribution in [0.1, 0.15) is 26.7 Å². The molecule has 124 valence electrons. The van der Waals surface area contributed by atoms with Gasteiger partial charge in [-0.1, -0.05) is 31.5 Å². The van der Waals surface area contributed by atoms with E-state index in [9.17, 15) is 4.79 Å². The Balaban J connectivity index is 2.57. The Bertz CT molecular complexity index is 480. The van der Waals surface area contributed by atoms with Gasteiger partial charge in [0.05, 0.1) is 17.8 Å². The number of aliphatic hydroxyl groups excluding tert-OH is 1. The fourth-order valence-corrected chi connectivity index (χ4v) is 2.62. The van der Waals surface area contributed by atoms with E-state index in [1.165, 1.54) is 7.11 Å². The van der Waals surface area contributed by atoms with E-state index in [1.807, 2.05) is 0 Å². The molecule has 1 atom stereocenters. The minimum Gasteiger partial charge on any atom is -0.493 e. The summed E-state index contributed by atoms with van der Waals surface area (Å²) >= 11 is 6.01. The molecule has 6 heteroatoms. The highest BCUT2D eigenvalue weighted by Gasteiger charge is 2.14. The summed E-state index contributed by atoms with van der Waals surface area (Å²) in [5, 5.41) is 15.1. The van der Waals surface area contributed by atoms with Crippen LogP contribution in [0.25, 0.3) is 0 Å². The molecule has 0 spiro atoms. The molecule has 1 aromatic carbocycles. The van der Waals surface area contributed by atoms with Gasteiger partial charge < -0.3 is 20.5 Å². The van der Waals surface area contributed by atoms with E-state index in [0.717, 1.165) is 6.42 Å². The summed E-state index contributed by atoms with van der Waals surface area (Å²) in [6.07, 6.45) is 1.64. The van der Waals surface area contributed by atoms with Crippen LogP contribution in [-0.4, -0.2) is 31.4 Å². The van der Waals surface area contributed by atoms with E-state index in [2.05, 4.69) is 24.5 Å². The van der Waals surface area contributed by atoms with Gasteiger partial charge in [-0.05, 0) is 36.8 Å². The number of anilines is 1. The van der Waals surface area contributed by atoms with Gasteiger partial charge in [-0.25, -0.2) is 4.79 Å². The Labute approximate surface area is 137 Å². The third-order valence-electron chi connectivity index (χ3n) is 3.31. The predicted molar refractivity (Wildman–Crippen MR) is 89.7 cm³/mol. The molecule has 0 heterocycles. The third-order valence-corrected chi connectivity index (χ3v) is 3.61. The summed E-state index contributed by atoms with van der Waals surface area (Å²) in [7, 11) is 1.50. The molecule has 0 aromatic heterocycles. The second kappa shape index (κ2) is 9.54. The Kier molecular flexibility index (Phi) is 8.06. The number of hydrogen-bond donors (Lipinski definition) is 3. The number of halogens is 1. The minimum absolute atomic E-state index is 0.128. The second-order valence-electron chi connectivity index (χ2n) is 5.66. The van der Waals surface area contributed by atoms with Crippen molar-refractivity contribution in [3.63, 3.8) is 0 Å². The van der Waals surface area contributed by atoms with Crippen molar-refractivity contribution in [3.8, 4) is 5.75 Å². The van der Waals surface area contributed by atoms with Crippen LogP contribution < -0.4 is 15.4 Å². The average molecular weight is 329 g/mol. The summed E-state index contributed by atoms with van der Waals surface area (Å²) in [6, 6.07) is 4.85. The maximum Gasteiger partial charge on any atom is 0.319 e. The maximum absolute atomic E-state index is 12.0. The Hall–Kier alpha value is -1.46. The molecule has 0 bridgehead atoms. The van der Waals surface area contributed by atoms with Crippen molar-refractivity contribution in [2.24, 2.45) is 11.8 Å². The zero-order chi connectivity index (χ0) is 16.5. The normalized spacial score (nSPS) is 12.1. The number of carbonyl (C=O) groups is 1. The van der Waals surface area contributed by atoms with E-state index in [-0.39, 0.29) is 18.6 Å². The average Bonchev–Trinajstić information content (AvgIpc) is 2.45. The maximum atomic E-state index is 12.0. The molecule has 1 aromatic rings. The Morgan fingerprint density at radius 1 is 1.41 bits per heavy atom. The molecule has 1 rings (SSSR count). The monoisotopic (exact) mass is 328 g/mol. The lowest BCUT2D eigenvalue weighted by molar-refractivity contribution is 0.231. The van der Waals surface area contributed by atoms with Gasteiger partial charge >= 0.3 is 6.03 Å². The molecule has 5 nitrogen and oxygen atoms in total. The lowest BCUT2D eigenvalue weighted by Gasteiger charge is -2.19. The van der Waals surface area contributed by atoms with Gasteiger partial charge in [-0.15, -0.1) is 0 Å². The quantitative estimate of drug-likeness (QED) is 0.684. The molecule has 1 unspecified atom stereocenters. The first-order chi connectivity index (χ1) is 10.5. The standard InChI is InChI=1S/C16H25ClN2O3/c1-11(2)9-12(7-8-20)10-18-16(21)19-14-6-4-5-13(17)15(14)22-3/h4-6,11-12,20H,7-10H2,1-3H3,(H2,18,19,21). The molecule has 0 fully saturated rings. The number of urea groups is 1. The molecule has 3 N–H and O–H groups in total. The van der Waals surface area contributed by atoms with Gasteiger partial charge in [0.15, 0.2) is 5.75 Å². The number of methoxy groups -OCH3 is 1. The van der Waals surface area contributed by atoms with Gasteiger partial charge in [-0.2, -0.15) is 0 Å². The van der Waals surface area contributed by atoms with E-state index in [0.29, 0.717) is 35.3 Å². The second-order valence-corrected chi connectivity index (χ2v) is 6.07. The molecular weight excluding hydrogens is 304 g/mol. The van der Waals surface area contributed by atoms with E-state index in [1.54, 1.807) is 18.2 Å². The van der Waals surface area contributed by atoms with Crippen LogP contribution in [0.2, 0.25) is 5.02 Å². The molecular formula is C16H25ClN2O3. The van der Waals surface area contributed by atoms with Crippen LogP contribution >= 0.6 is 11.6 Å². The van der Waals surface area contributed by atoms with Gasteiger partial charge in [0, 0.05) is 13.2 Å². The number of hydrogen-bond acceptors (Lipinski definition) is 3. The highest BCUT2D eigenvalue weighted by molar-refractivity contribution is 6.32. The first-order valence-corrected chi connectivity index (χ1v) is 7.83. The molecule has 0 saturated heterocycles. The van der Waals surface area contributed by atoms with Crippen molar-refractivity contribution in [1.82, 2.24) is 5.32 Å². The number of benzene rings is 1. The van der Waals surface area contributed by atoms with Gasteiger partial charge in [0.1, 0.15) is 0 Å². The fraction of sp³-hybridized carbons (Fsp3) is 0.562. The van der Waals surface area contributed by atoms with Crippen molar-refractivity contribution in [1.29, 1.82) is 0 Å². The minimum atomic E-state index is -0.313. The van der Waals surface area contributed by atoms with Crippen molar-refractivity contribution in [2.75, 3.05) is 25.6 Å². The van der Waals surface area contributed by atoms with Crippen LogP contribution in [-0.2, 0) is 0 Å². The Morgan fingerprint density at radius 2 is 2.14 bits per heavy atom. The van der Waals surface area contributed by atoms with Gasteiger partial charge in [-0.3, -0.25) is 0 Å². The van der Waals surface area contributed by atoms with Crippen LogP contribution in [0, 0.1) is 11.8 Å². The number of ether oxygens (including phenoxy) is 1. The van der Waals surface area contributed by atoms with Crippen LogP contribution in [0.15, 0.2) is 18.2 Å². The summed E-state index contributed by atoms with van der Waals surface area (Å²) in [6.45, 7) is 4.90. The molecule has 22 heavy (non-hydrogen) atoms. The van der Waals surface area contributed by atoms with Crippen molar-refractivity contribution in [2.45, 2.75) is 26.7 Å². The van der Waals surface area contributed by atoms with Gasteiger partial charge in [0.2, 0.25) is 0 Å². The van der Waals surface area contributed by atoms with E-state index >= 15 is 0 Å².